The lowest BCUT2D eigenvalue weighted by Crippen LogP contribution is -2.46. The Hall–Kier alpha value is -1.42. The average molecular weight is 318 g/mol. The lowest BCUT2D eigenvalue weighted by Gasteiger charge is -2.33. The van der Waals surface area contributed by atoms with E-state index in [9.17, 15) is 9.18 Å². The Balaban J connectivity index is 1.56. The number of amides is 1. The molecule has 23 heavy (non-hydrogen) atoms. The zero-order valence-corrected chi connectivity index (χ0v) is 14.0. The van der Waals surface area contributed by atoms with E-state index in [1.165, 1.54) is 18.6 Å². The topological polar surface area (TPSA) is 23.6 Å². The highest BCUT2D eigenvalue weighted by Gasteiger charge is 2.29. The number of benzene rings is 1. The molecule has 0 aromatic heterocycles. The van der Waals surface area contributed by atoms with Crippen molar-refractivity contribution in [1.82, 2.24) is 9.80 Å². The van der Waals surface area contributed by atoms with E-state index < -0.39 is 0 Å². The molecule has 1 aromatic carbocycles. The number of rotatable bonds is 4. The molecule has 2 aliphatic heterocycles. The van der Waals surface area contributed by atoms with Crippen molar-refractivity contribution in [2.45, 2.75) is 45.1 Å². The van der Waals surface area contributed by atoms with E-state index in [0.29, 0.717) is 18.5 Å². The summed E-state index contributed by atoms with van der Waals surface area (Å²) in [5.74, 6) is 0.718. The second kappa shape index (κ2) is 7.43. The summed E-state index contributed by atoms with van der Waals surface area (Å²) in [4.78, 5) is 16.9. The van der Waals surface area contributed by atoms with Gasteiger partial charge < -0.3 is 4.90 Å². The Morgan fingerprint density at radius 1 is 1.17 bits per heavy atom. The molecule has 0 bridgehead atoms. The highest BCUT2D eigenvalue weighted by Crippen LogP contribution is 2.22. The third-order valence-electron chi connectivity index (χ3n) is 5.23. The number of piperidine rings is 1. The van der Waals surface area contributed by atoms with Crippen LogP contribution in [0.15, 0.2) is 24.3 Å². The summed E-state index contributed by atoms with van der Waals surface area (Å²) in [6.45, 7) is 5.60. The van der Waals surface area contributed by atoms with Crippen LogP contribution in [0.3, 0.4) is 0 Å². The predicted molar refractivity (Wildman–Crippen MR) is 89.7 cm³/mol. The summed E-state index contributed by atoms with van der Waals surface area (Å²) >= 11 is 0. The third kappa shape index (κ3) is 4.31. The van der Waals surface area contributed by atoms with Gasteiger partial charge in [-0.25, -0.2) is 4.39 Å². The van der Waals surface area contributed by atoms with E-state index in [-0.39, 0.29) is 11.7 Å². The van der Waals surface area contributed by atoms with E-state index >= 15 is 0 Å². The predicted octanol–water partition coefficient (Wildman–Crippen LogP) is 3.09. The SMILES string of the molecule is C[C@H]1CCCN(C(=O)CN2CCC[C@H]2Cc2ccc(F)cc2)C1. The van der Waals surface area contributed by atoms with Gasteiger partial charge in [-0.05, 0) is 62.3 Å². The molecule has 2 aliphatic rings. The fourth-order valence-electron chi connectivity index (χ4n) is 3.92. The van der Waals surface area contributed by atoms with Gasteiger partial charge in [0.1, 0.15) is 5.82 Å². The third-order valence-corrected chi connectivity index (χ3v) is 5.23. The molecule has 2 fully saturated rings. The minimum absolute atomic E-state index is 0.188. The monoisotopic (exact) mass is 318 g/mol. The number of carbonyl (C=O) groups excluding carboxylic acids is 1. The van der Waals surface area contributed by atoms with Crippen LogP contribution in [0, 0.1) is 11.7 Å². The van der Waals surface area contributed by atoms with Gasteiger partial charge in [-0.15, -0.1) is 0 Å². The number of likely N-dealkylation sites (tertiary alicyclic amines) is 2. The Kier molecular flexibility index (Phi) is 5.31. The first kappa shape index (κ1) is 16.4. The smallest absolute Gasteiger partial charge is 0.236 e. The second-order valence-electron chi connectivity index (χ2n) is 7.18. The van der Waals surface area contributed by atoms with Gasteiger partial charge in [0.15, 0.2) is 0 Å². The van der Waals surface area contributed by atoms with Crippen molar-refractivity contribution < 1.29 is 9.18 Å². The van der Waals surface area contributed by atoms with Crippen LogP contribution in [0.5, 0.6) is 0 Å². The van der Waals surface area contributed by atoms with Crippen molar-refractivity contribution in [3.63, 3.8) is 0 Å². The maximum absolute atomic E-state index is 13.0. The fourth-order valence-corrected chi connectivity index (χ4v) is 3.92. The lowest BCUT2D eigenvalue weighted by atomic mass is 10.0. The first-order valence-electron chi connectivity index (χ1n) is 8.88. The summed E-state index contributed by atoms with van der Waals surface area (Å²) in [5.41, 5.74) is 1.15. The van der Waals surface area contributed by atoms with Crippen LogP contribution < -0.4 is 0 Å². The minimum atomic E-state index is -0.188. The molecule has 0 saturated carbocycles. The molecule has 4 heteroatoms. The average Bonchev–Trinajstić information content (AvgIpc) is 2.96. The minimum Gasteiger partial charge on any atom is -0.341 e. The van der Waals surface area contributed by atoms with Gasteiger partial charge >= 0.3 is 0 Å². The Bertz CT molecular complexity index is 531. The van der Waals surface area contributed by atoms with Gasteiger partial charge in [0.05, 0.1) is 6.54 Å². The zero-order chi connectivity index (χ0) is 16.2. The van der Waals surface area contributed by atoms with Crippen LogP contribution in [0.1, 0.15) is 38.2 Å². The molecule has 1 aromatic rings. The molecule has 2 heterocycles. The van der Waals surface area contributed by atoms with Crippen LogP contribution in [0.25, 0.3) is 0 Å². The van der Waals surface area contributed by atoms with E-state index in [2.05, 4.69) is 11.8 Å². The molecule has 0 N–H and O–H groups in total. The molecule has 1 amide bonds. The number of nitrogens with zero attached hydrogens (tertiary/aromatic N) is 2. The summed E-state index contributed by atoms with van der Waals surface area (Å²) in [6.07, 6.45) is 5.55. The molecule has 2 saturated heterocycles. The van der Waals surface area contributed by atoms with Gasteiger partial charge in [-0.3, -0.25) is 9.69 Å². The Labute approximate surface area is 138 Å². The summed E-state index contributed by atoms with van der Waals surface area (Å²) in [7, 11) is 0. The Morgan fingerprint density at radius 3 is 2.65 bits per heavy atom. The lowest BCUT2D eigenvalue weighted by molar-refractivity contribution is -0.134. The van der Waals surface area contributed by atoms with E-state index in [0.717, 1.165) is 50.9 Å². The molecule has 2 atom stereocenters. The maximum atomic E-state index is 13.0. The molecule has 0 radical (unpaired) electrons. The van der Waals surface area contributed by atoms with Crippen molar-refractivity contribution >= 4 is 5.91 Å². The number of halogens is 1. The molecule has 3 nitrogen and oxygen atoms in total. The first-order valence-corrected chi connectivity index (χ1v) is 8.88. The van der Waals surface area contributed by atoms with Gasteiger partial charge in [0.2, 0.25) is 5.91 Å². The van der Waals surface area contributed by atoms with Crippen LogP contribution >= 0.6 is 0 Å². The molecule has 0 unspecified atom stereocenters. The van der Waals surface area contributed by atoms with Crippen LogP contribution in [-0.2, 0) is 11.2 Å². The summed E-state index contributed by atoms with van der Waals surface area (Å²) < 4.78 is 13.0. The highest BCUT2D eigenvalue weighted by molar-refractivity contribution is 5.78. The highest BCUT2D eigenvalue weighted by atomic mass is 19.1. The van der Waals surface area contributed by atoms with E-state index in [1.54, 1.807) is 0 Å². The van der Waals surface area contributed by atoms with Crippen molar-refractivity contribution in [1.29, 1.82) is 0 Å². The number of hydrogen-bond donors (Lipinski definition) is 0. The van der Waals surface area contributed by atoms with Crippen molar-refractivity contribution in [3.05, 3.63) is 35.6 Å². The van der Waals surface area contributed by atoms with E-state index in [4.69, 9.17) is 0 Å². The first-order chi connectivity index (χ1) is 11.1. The fraction of sp³-hybridized carbons (Fsp3) is 0.632. The van der Waals surface area contributed by atoms with Crippen LogP contribution in [0.2, 0.25) is 0 Å². The van der Waals surface area contributed by atoms with Crippen molar-refractivity contribution in [2.24, 2.45) is 5.92 Å². The zero-order valence-electron chi connectivity index (χ0n) is 14.0. The summed E-state index contributed by atoms with van der Waals surface area (Å²) in [5, 5.41) is 0. The van der Waals surface area contributed by atoms with E-state index in [1.807, 2.05) is 17.0 Å². The molecular formula is C19H27FN2O. The Morgan fingerprint density at radius 2 is 1.91 bits per heavy atom. The molecule has 3 rings (SSSR count). The van der Waals surface area contributed by atoms with Gasteiger partial charge in [-0.2, -0.15) is 0 Å². The van der Waals surface area contributed by atoms with Crippen molar-refractivity contribution in [2.75, 3.05) is 26.2 Å². The second-order valence-corrected chi connectivity index (χ2v) is 7.18. The molecule has 126 valence electrons. The van der Waals surface area contributed by atoms with Crippen LogP contribution in [0.4, 0.5) is 4.39 Å². The summed E-state index contributed by atoms with van der Waals surface area (Å²) in [6, 6.07) is 7.18. The van der Waals surface area contributed by atoms with Gasteiger partial charge in [0, 0.05) is 19.1 Å². The normalized spacial score (nSPS) is 25.7. The standard InChI is InChI=1S/C19H27FN2O/c1-15-4-2-11-22(13-15)19(23)14-21-10-3-5-18(21)12-16-6-8-17(20)9-7-16/h6-9,15,18H,2-5,10-14H2,1H3/t15-,18-/m0/s1. The quantitative estimate of drug-likeness (QED) is 0.852. The van der Waals surface area contributed by atoms with Crippen molar-refractivity contribution in [3.8, 4) is 0 Å². The maximum Gasteiger partial charge on any atom is 0.236 e. The van der Waals surface area contributed by atoms with Gasteiger partial charge in [0.25, 0.3) is 0 Å². The molecule has 0 aliphatic carbocycles. The van der Waals surface area contributed by atoms with Gasteiger partial charge in [-0.1, -0.05) is 19.1 Å². The number of hydrogen-bond acceptors (Lipinski definition) is 2. The number of carbonyl (C=O) groups is 1. The molecule has 0 spiro atoms. The largest absolute Gasteiger partial charge is 0.341 e. The molecular weight excluding hydrogens is 291 g/mol. The van der Waals surface area contributed by atoms with Crippen LogP contribution in [-0.4, -0.2) is 47.9 Å².